The van der Waals surface area contributed by atoms with Crippen molar-refractivity contribution in [2.24, 2.45) is 0 Å². The fourth-order valence-electron chi connectivity index (χ4n) is 1.38. The zero-order valence-electron chi connectivity index (χ0n) is 10.9. The lowest BCUT2D eigenvalue weighted by Crippen LogP contribution is -2.41. The largest absolute Gasteiger partial charge is 0.396 e. The summed E-state index contributed by atoms with van der Waals surface area (Å²) in [6.07, 6.45) is 1.87. The van der Waals surface area contributed by atoms with Gasteiger partial charge in [-0.3, -0.25) is 4.79 Å². The van der Waals surface area contributed by atoms with Crippen molar-refractivity contribution in [2.75, 3.05) is 17.6 Å². The molecule has 0 atom stereocenters. The van der Waals surface area contributed by atoms with Crippen LogP contribution in [0.2, 0.25) is 5.02 Å². The molecule has 0 aliphatic carbocycles. The first-order valence-electron chi connectivity index (χ1n) is 5.74. The van der Waals surface area contributed by atoms with Crippen molar-refractivity contribution in [1.29, 1.82) is 0 Å². The molecule has 5 nitrogen and oxygen atoms in total. The Morgan fingerprint density at radius 2 is 2.17 bits per heavy atom. The van der Waals surface area contributed by atoms with E-state index in [-0.39, 0.29) is 11.4 Å². The van der Waals surface area contributed by atoms with Crippen LogP contribution in [-0.4, -0.2) is 23.0 Å². The molecule has 0 bridgehead atoms. The number of nitrogens with two attached hydrogens (primary N) is 1. The fourth-order valence-corrected chi connectivity index (χ4v) is 1.54. The van der Waals surface area contributed by atoms with Crippen LogP contribution in [0.25, 0.3) is 0 Å². The standard InChI is InChI=1S/C12H19ClN4O/c1-12(2,3)17-10(18)4-5-15-11-9(14)6-8(13)7-16-11/h6-7H,4-5,14H2,1-3H3,(H,15,16)(H,17,18). The maximum atomic E-state index is 11.6. The summed E-state index contributed by atoms with van der Waals surface area (Å²) in [6.45, 7) is 6.30. The molecule has 0 fully saturated rings. The first-order valence-corrected chi connectivity index (χ1v) is 6.11. The second-order valence-corrected chi connectivity index (χ2v) is 5.50. The van der Waals surface area contributed by atoms with E-state index >= 15 is 0 Å². The predicted octanol–water partition coefficient (Wildman–Crippen LogP) is 2.03. The molecule has 18 heavy (non-hydrogen) atoms. The van der Waals surface area contributed by atoms with Crippen LogP contribution in [0, 0.1) is 0 Å². The normalized spacial score (nSPS) is 11.1. The van der Waals surface area contributed by atoms with Crippen LogP contribution < -0.4 is 16.4 Å². The molecule has 0 saturated heterocycles. The molecule has 0 aliphatic heterocycles. The van der Waals surface area contributed by atoms with E-state index in [1.165, 1.54) is 6.20 Å². The average molecular weight is 271 g/mol. The number of halogens is 1. The van der Waals surface area contributed by atoms with Crippen molar-refractivity contribution >= 4 is 29.0 Å². The summed E-state index contributed by atoms with van der Waals surface area (Å²) >= 11 is 5.74. The van der Waals surface area contributed by atoms with E-state index in [4.69, 9.17) is 17.3 Å². The third-order valence-corrected chi connectivity index (χ3v) is 2.25. The molecule has 0 unspecified atom stereocenters. The highest BCUT2D eigenvalue weighted by molar-refractivity contribution is 6.30. The number of carbonyl (C=O) groups is 1. The van der Waals surface area contributed by atoms with Crippen LogP contribution in [0.3, 0.4) is 0 Å². The van der Waals surface area contributed by atoms with Gasteiger partial charge in [-0.1, -0.05) is 11.6 Å². The van der Waals surface area contributed by atoms with Crippen molar-refractivity contribution in [3.8, 4) is 0 Å². The van der Waals surface area contributed by atoms with E-state index in [2.05, 4.69) is 15.6 Å². The molecule has 0 spiro atoms. The van der Waals surface area contributed by atoms with Gasteiger partial charge in [-0.05, 0) is 26.8 Å². The van der Waals surface area contributed by atoms with Gasteiger partial charge < -0.3 is 16.4 Å². The van der Waals surface area contributed by atoms with Crippen LogP contribution in [0.4, 0.5) is 11.5 Å². The van der Waals surface area contributed by atoms with Gasteiger partial charge in [0.1, 0.15) is 5.82 Å². The zero-order valence-corrected chi connectivity index (χ0v) is 11.6. The summed E-state index contributed by atoms with van der Waals surface area (Å²) in [4.78, 5) is 15.6. The number of nitrogen functional groups attached to an aromatic ring is 1. The first kappa shape index (κ1) is 14.6. The predicted molar refractivity (Wildman–Crippen MR) is 74.7 cm³/mol. The monoisotopic (exact) mass is 270 g/mol. The van der Waals surface area contributed by atoms with Gasteiger partial charge in [-0.25, -0.2) is 4.98 Å². The summed E-state index contributed by atoms with van der Waals surface area (Å²) < 4.78 is 0. The molecule has 4 N–H and O–H groups in total. The minimum absolute atomic E-state index is 0.0115. The number of anilines is 2. The van der Waals surface area contributed by atoms with Crippen molar-refractivity contribution < 1.29 is 4.79 Å². The van der Waals surface area contributed by atoms with E-state index in [1.54, 1.807) is 6.07 Å². The van der Waals surface area contributed by atoms with Gasteiger partial charge >= 0.3 is 0 Å². The second-order valence-electron chi connectivity index (χ2n) is 5.07. The first-order chi connectivity index (χ1) is 8.28. The third-order valence-electron chi connectivity index (χ3n) is 2.04. The van der Waals surface area contributed by atoms with Gasteiger partial charge in [0.15, 0.2) is 0 Å². The summed E-state index contributed by atoms with van der Waals surface area (Å²) in [7, 11) is 0. The number of hydrogen-bond donors (Lipinski definition) is 3. The van der Waals surface area contributed by atoms with Crippen molar-refractivity contribution in [1.82, 2.24) is 10.3 Å². The Kier molecular flexibility index (Phi) is 4.78. The molecule has 1 heterocycles. The third kappa shape index (κ3) is 5.23. The van der Waals surface area contributed by atoms with Gasteiger partial charge in [0.25, 0.3) is 0 Å². The van der Waals surface area contributed by atoms with E-state index in [0.29, 0.717) is 29.5 Å². The summed E-state index contributed by atoms with van der Waals surface area (Å²) in [5.74, 6) is 0.533. The SMILES string of the molecule is CC(C)(C)NC(=O)CCNc1ncc(Cl)cc1N. The fraction of sp³-hybridized carbons (Fsp3) is 0.500. The highest BCUT2D eigenvalue weighted by atomic mass is 35.5. The molecule has 0 radical (unpaired) electrons. The topological polar surface area (TPSA) is 80.0 Å². The Balaban J connectivity index is 2.40. The number of carbonyl (C=O) groups excluding carboxylic acids is 1. The molecule has 1 rings (SSSR count). The molecular formula is C12H19ClN4O. The van der Waals surface area contributed by atoms with Gasteiger partial charge in [-0.15, -0.1) is 0 Å². The Morgan fingerprint density at radius 3 is 2.72 bits per heavy atom. The molecule has 0 aromatic carbocycles. The van der Waals surface area contributed by atoms with Gasteiger partial charge in [-0.2, -0.15) is 0 Å². The number of aromatic nitrogens is 1. The van der Waals surface area contributed by atoms with Crippen LogP contribution in [0.1, 0.15) is 27.2 Å². The van der Waals surface area contributed by atoms with Gasteiger partial charge in [0.05, 0.1) is 10.7 Å². The van der Waals surface area contributed by atoms with Gasteiger partial charge in [0.2, 0.25) is 5.91 Å². The van der Waals surface area contributed by atoms with E-state index in [9.17, 15) is 4.79 Å². The van der Waals surface area contributed by atoms with Crippen molar-refractivity contribution in [2.45, 2.75) is 32.7 Å². The lowest BCUT2D eigenvalue weighted by atomic mass is 10.1. The van der Waals surface area contributed by atoms with E-state index in [1.807, 2.05) is 20.8 Å². The van der Waals surface area contributed by atoms with Crippen LogP contribution in [0.5, 0.6) is 0 Å². The maximum Gasteiger partial charge on any atom is 0.222 e. The quantitative estimate of drug-likeness (QED) is 0.782. The molecule has 0 saturated carbocycles. The highest BCUT2D eigenvalue weighted by Crippen LogP contribution is 2.19. The minimum atomic E-state index is -0.214. The Morgan fingerprint density at radius 1 is 1.50 bits per heavy atom. The van der Waals surface area contributed by atoms with E-state index < -0.39 is 0 Å². The molecule has 1 aromatic heterocycles. The highest BCUT2D eigenvalue weighted by Gasteiger charge is 2.13. The average Bonchev–Trinajstić information content (AvgIpc) is 2.18. The van der Waals surface area contributed by atoms with Gasteiger partial charge in [0, 0.05) is 24.7 Å². The minimum Gasteiger partial charge on any atom is -0.396 e. The second kappa shape index (κ2) is 5.91. The smallest absolute Gasteiger partial charge is 0.222 e. The van der Waals surface area contributed by atoms with Crippen molar-refractivity contribution in [3.05, 3.63) is 17.3 Å². The Labute approximate surface area is 112 Å². The molecule has 6 heteroatoms. The number of hydrogen-bond acceptors (Lipinski definition) is 4. The molecule has 100 valence electrons. The van der Waals surface area contributed by atoms with Crippen molar-refractivity contribution in [3.63, 3.8) is 0 Å². The maximum absolute atomic E-state index is 11.6. The number of rotatable bonds is 4. The summed E-state index contributed by atoms with van der Waals surface area (Å²) in [5.41, 5.74) is 5.99. The lowest BCUT2D eigenvalue weighted by molar-refractivity contribution is -0.122. The summed E-state index contributed by atoms with van der Waals surface area (Å²) in [5, 5.41) is 6.37. The Hall–Kier alpha value is -1.49. The lowest BCUT2D eigenvalue weighted by Gasteiger charge is -2.20. The molecule has 1 amide bonds. The van der Waals surface area contributed by atoms with Crippen LogP contribution in [-0.2, 0) is 4.79 Å². The zero-order chi connectivity index (χ0) is 13.8. The number of nitrogens with zero attached hydrogens (tertiary/aromatic N) is 1. The van der Waals surface area contributed by atoms with Crippen LogP contribution in [0.15, 0.2) is 12.3 Å². The summed E-state index contributed by atoms with van der Waals surface area (Å²) in [6, 6.07) is 1.62. The number of amides is 1. The molecule has 0 aliphatic rings. The number of pyridine rings is 1. The Bertz CT molecular complexity index is 429. The van der Waals surface area contributed by atoms with Crippen LogP contribution >= 0.6 is 11.6 Å². The number of nitrogens with one attached hydrogen (secondary N) is 2. The molecular weight excluding hydrogens is 252 g/mol. The molecule has 1 aromatic rings. The van der Waals surface area contributed by atoms with E-state index in [0.717, 1.165) is 0 Å².